The van der Waals surface area contributed by atoms with Crippen molar-refractivity contribution in [1.82, 2.24) is 10.2 Å². The van der Waals surface area contributed by atoms with E-state index < -0.39 is 5.54 Å². The van der Waals surface area contributed by atoms with Crippen molar-refractivity contribution in [3.8, 4) is 0 Å². The van der Waals surface area contributed by atoms with Gasteiger partial charge in [0.15, 0.2) is 0 Å². The van der Waals surface area contributed by atoms with Gasteiger partial charge in [-0.25, -0.2) is 0 Å². The van der Waals surface area contributed by atoms with Crippen LogP contribution in [0.2, 0.25) is 0 Å². The van der Waals surface area contributed by atoms with Gasteiger partial charge in [0, 0.05) is 19.1 Å². The van der Waals surface area contributed by atoms with Crippen LogP contribution in [0, 0.1) is 5.41 Å². The van der Waals surface area contributed by atoms with Crippen LogP contribution in [0.15, 0.2) is 0 Å². The molecule has 0 radical (unpaired) electrons. The fourth-order valence-corrected chi connectivity index (χ4v) is 2.90. The molecule has 1 aliphatic heterocycles. The zero-order valence-corrected chi connectivity index (χ0v) is 13.4. The number of nitrogens with zero attached hydrogens (tertiary/aromatic N) is 1. The van der Waals surface area contributed by atoms with E-state index in [1.807, 2.05) is 13.8 Å². The molecule has 0 amide bonds. The molecule has 1 fully saturated rings. The lowest BCUT2D eigenvalue weighted by atomic mass is 9.93. The predicted molar refractivity (Wildman–Crippen MR) is 78.1 cm³/mol. The van der Waals surface area contributed by atoms with Gasteiger partial charge in [-0.3, -0.25) is 10.1 Å². The minimum absolute atomic E-state index is 0.145. The summed E-state index contributed by atoms with van der Waals surface area (Å²) in [4.78, 5) is 14.6. The Bertz CT molecular complexity index is 315. The number of hydrogen-bond acceptors (Lipinski definition) is 4. The van der Waals surface area contributed by atoms with Crippen LogP contribution in [0.4, 0.5) is 0 Å². The first kappa shape index (κ1) is 16.4. The summed E-state index contributed by atoms with van der Waals surface area (Å²) < 4.78 is 5.24. The van der Waals surface area contributed by atoms with E-state index >= 15 is 0 Å². The highest BCUT2D eigenvalue weighted by molar-refractivity contribution is 5.80. The number of nitrogens with one attached hydrogen (secondary N) is 1. The molecule has 1 unspecified atom stereocenters. The molecule has 0 bridgehead atoms. The zero-order valence-electron chi connectivity index (χ0n) is 13.4. The second-order valence-electron chi connectivity index (χ2n) is 6.98. The minimum Gasteiger partial charge on any atom is -0.465 e. The number of ether oxygens (including phenoxy) is 1. The molecule has 112 valence electrons. The molecule has 19 heavy (non-hydrogen) atoms. The maximum atomic E-state index is 12.2. The van der Waals surface area contributed by atoms with Gasteiger partial charge >= 0.3 is 5.97 Å². The van der Waals surface area contributed by atoms with Crippen LogP contribution in [0.3, 0.4) is 0 Å². The molecule has 4 heteroatoms. The summed E-state index contributed by atoms with van der Waals surface area (Å²) in [7, 11) is 0. The third-order valence-corrected chi connectivity index (χ3v) is 3.63. The number of esters is 1. The van der Waals surface area contributed by atoms with Crippen molar-refractivity contribution in [2.75, 3.05) is 26.2 Å². The van der Waals surface area contributed by atoms with Crippen molar-refractivity contribution < 1.29 is 9.53 Å². The van der Waals surface area contributed by atoms with Gasteiger partial charge in [-0.05, 0) is 46.1 Å². The van der Waals surface area contributed by atoms with E-state index in [2.05, 4.69) is 37.9 Å². The predicted octanol–water partition coefficient (Wildman–Crippen LogP) is 2.04. The molecule has 1 saturated heterocycles. The Morgan fingerprint density at radius 2 is 2.11 bits per heavy atom. The van der Waals surface area contributed by atoms with Gasteiger partial charge in [-0.1, -0.05) is 13.8 Å². The maximum absolute atomic E-state index is 12.2. The second-order valence-corrected chi connectivity index (χ2v) is 6.98. The van der Waals surface area contributed by atoms with Crippen LogP contribution >= 0.6 is 0 Å². The number of rotatable bonds is 6. The largest absolute Gasteiger partial charge is 0.465 e. The van der Waals surface area contributed by atoms with Crippen LogP contribution in [0.1, 0.15) is 48.0 Å². The quantitative estimate of drug-likeness (QED) is 0.750. The molecule has 0 aromatic rings. The average Bonchev–Trinajstić information content (AvgIpc) is 2.56. The van der Waals surface area contributed by atoms with Crippen molar-refractivity contribution in [1.29, 1.82) is 0 Å². The molecular formula is C15H30N2O2. The van der Waals surface area contributed by atoms with Gasteiger partial charge in [-0.15, -0.1) is 0 Å². The molecule has 1 aliphatic rings. The standard InChI is InChI=1S/C15H30N2O2/c1-7-19-13(18)15(6,16-12(2)3)11-17-9-8-14(4,5)10-17/h12,16H,7-11H2,1-6H3. The highest BCUT2D eigenvalue weighted by atomic mass is 16.5. The summed E-state index contributed by atoms with van der Waals surface area (Å²) in [6.07, 6.45) is 1.19. The van der Waals surface area contributed by atoms with Crippen molar-refractivity contribution in [3.05, 3.63) is 0 Å². The summed E-state index contributed by atoms with van der Waals surface area (Å²) in [6.45, 7) is 15.7. The smallest absolute Gasteiger partial charge is 0.327 e. The minimum atomic E-state index is -0.620. The molecule has 0 aliphatic carbocycles. The number of likely N-dealkylation sites (tertiary alicyclic amines) is 1. The molecule has 1 atom stereocenters. The summed E-state index contributed by atoms with van der Waals surface area (Å²) in [5.41, 5.74) is -0.266. The first-order valence-corrected chi connectivity index (χ1v) is 7.36. The van der Waals surface area contributed by atoms with E-state index in [9.17, 15) is 4.79 Å². The molecule has 1 heterocycles. The number of hydrogen-bond donors (Lipinski definition) is 1. The molecule has 4 nitrogen and oxygen atoms in total. The van der Waals surface area contributed by atoms with Crippen LogP contribution < -0.4 is 5.32 Å². The monoisotopic (exact) mass is 270 g/mol. The zero-order chi connectivity index (χ0) is 14.7. The van der Waals surface area contributed by atoms with E-state index in [1.54, 1.807) is 0 Å². The van der Waals surface area contributed by atoms with Crippen molar-refractivity contribution in [3.63, 3.8) is 0 Å². The van der Waals surface area contributed by atoms with Crippen LogP contribution in [0.25, 0.3) is 0 Å². The Morgan fingerprint density at radius 3 is 2.53 bits per heavy atom. The Balaban J connectivity index is 2.72. The summed E-state index contributed by atoms with van der Waals surface area (Å²) in [6, 6.07) is 0.255. The molecule has 0 aromatic carbocycles. The van der Waals surface area contributed by atoms with E-state index in [1.165, 1.54) is 6.42 Å². The Kier molecular flexibility index (Phi) is 5.39. The Labute approximate surface area is 117 Å². The van der Waals surface area contributed by atoms with Crippen LogP contribution in [-0.4, -0.2) is 48.7 Å². The number of carbonyl (C=O) groups is 1. The van der Waals surface area contributed by atoms with E-state index in [0.717, 1.165) is 13.1 Å². The van der Waals surface area contributed by atoms with Crippen molar-refractivity contribution in [2.45, 2.75) is 59.5 Å². The van der Waals surface area contributed by atoms with Crippen LogP contribution in [-0.2, 0) is 9.53 Å². The Morgan fingerprint density at radius 1 is 1.47 bits per heavy atom. The fraction of sp³-hybridized carbons (Fsp3) is 0.933. The fourth-order valence-electron chi connectivity index (χ4n) is 2.90. The number of carbonyl (C=O) groups excluding carboxylic acids is 1. The first-order chi connectivity index (χ1) is 8.68. The maximum Gasteiger partial charge on any atom is 0.327 e. The SMILES string of the molecule is CCOC(=O)C(C)(CN1CCC(C)(C)C1)NC(C)C. The first-order valence-electron chi connectivity index (χ1n) is 7.36. The summed E-state index contributed by atoms with van der Waals surface area (Å²) in [5, 5.41) is 3.38. The molecule has 0 saturated carbocycles. The lowest BCUT2D eigenvalue weighted by Crippen LogP contribution is -2.59. The molecule has 0 spiro atoms. The van der Waals surface area contributed by atoms with Gasteiger partial charge in [-0.2, -0.15) is 0 Å². The summed E-state index contributed by atoms with van der Waals surface area (Å²) >= 11 is 0. The second kappa shape index (κ2) is 6.23. The summed E-state index contributed by atoms with van der Waals surface area (Å²) in [5.74, 6) is -0.145. The van der Waals surface area contributed by atoms with Crippen LogP contribution in [0.5, 0.6) is 0 Å². The molecular weight excluding hydrogens is 240 g/mol. The Hall–Kier alpha value is -0.610. The highest BCUT2D eigenvalue weighted by Gasteiger charge is 2.40. The van der Waals surface area contributed by atoms with E-state index in [4.69, 9.17) is 4.74 Å². The van der Waals surface area contributed by atoms with Gasteiger partial charge in [0.05, 0.1) is 6.61 Å². The topological polar surface area (TPSA) is 41.6 Å². The normalized spacial score (nSPS) is 22.5. The molecule has 0 aromatic heterocycles. The van der Waals surface area contributed by atoms with Gasteiger partial charge in [0.25, 0.3) is 0 Å². The highest BCUT2D eigenvalue weighted by Crippen LogP contribution is 2.29. The van der Waals surface area contributed by atoms with Crippen molar-refractivity contribution in [2.24, 2.45) is 5.41 Å². The lowest BCUT2D eigenvalue weighted by Gasteiger charge is -2.34. The van der Waals surface area contributed by atoms with Gasteiger partial charge in [0.1, 0.15) is 5.54 Å². The van der Waals surface area contributed by atoms with Crippen molar-refractivity contribution >= 4 is 5.97 Å². The third-order valence-electron chi connectivity index (χ3n) is 3.63. The van der Waals surface area contributed by atoms with E-state index in [0.29, 0.717) is 18.6 Å². The molecule has 1 N–H and O–H groups in total. The average molecular weight is 270 g/mol. The lowest BCUT2D eigenvalue weighted by molar-refractivity contribution is -0.151. The van der Waals surface area contributed by atoms with E-state index in [-0.39, 0.29) is 12.0 Å². The van der Waals surface area contributed by atoms with Gasteiger partial charge in [0.2, 0.25) is 0 Å². The van der Waals surface area contributed by atoms with Gasteiger partial charge < -0.3 is 9.64 Å². The third kappa shape index (κ3) is 4.77. The molecule has 1 rings (SSSR count).